The first kappa shape index (κ1) is 22.0. The zero-order valence-electron chi connectivity index (χ0n) is 19.0. The monoisotopic (exact) mass is 446 g/mol. The van der Waals surface area contributed by atoms with E-state index in [1.165, 1.54) is 0 Å². The van der Waals surface area contributed by atoms with Crippen LogP contribution in [0.2, 0.25) is 0 Å². The molecule has 4 rings (SSSR count). The molecule has 0 unspecified atom stereocenters. The number of hydrogen-bond donors (Lipinski definition) is 3. The molecule has 170 valence electrons. The minimum absolute atomic E-state index is 0.0821. The summed E-state index contributed by atoms with van der Waals surface area (Å²) in [5, 5.41) is 17.2. The quantitative estimate of drug-likeness (QED) is 0.376. The Labute approximate surface area is 191 Å². The number of amides is 1. The van der Waals surface area contributed by atoms with Crippen molar-refractivity contribution in [3.8, 4) is 0 Å². The average molecular weight is 447 g/mol. The summed E-state index contributed by atoms with van der Waals surface area (Å²) in [5.41, 5.74) is 4.59. The first-order valence-electron chi connectivity index (χ1n) is 10.6. The number of carbonyl (C=O) groups excluding carboxylic acids is 1. The van der Waals surface area contributed by atoms with Gasteiger partial charge in [-0.15, -0.1) is 0 Å². The summed E-state index contributed by atoms with van der Waals surface area (Å²) >= 11 is 0. The van der Waals surface area contributed by atoms with Gasteiger partial charge in [-0.25, -0.2) is 4.98 Å². The molecule has 0 saturated carbocycles. The van der Waals surface area contributed by atoms with E-state index < -0.39 is 0 Å². The van der Waals surface area contributed by atoms with Crippen molar-refractivity contribution in [2.45, 2.75) is 26.7 Å². The molecular weight excluding hydrogens is 420 g/mol. The molecule has 3 heterocycles. The van der Waals surface area contributed by atoms with Crippen molar-refractivity contribution >= 4 is 29.4 Å². The van der Waals surface area contributed by atoms with Crippen molar-refractivity contribution in [2.24, 2.45) is 0 Å². The van der Waals surface area contributed by atoms with Gasteiger partial charge in [-0.3, -0.25) is 14.8 Å². The van der Waals surface area contributed by atoms with Gasteiger partial charge in [0.05, 0.1) is 5.69 Å². The van der Waals surface area contributed by atoms with Gasteiger partial charge in [0.2, 0.25) is 11.8 Å². The Balaban J connectivity index is 1.40. The molecule has 33 heavy (non-hydrogen) atoms. The number of nitrogens with zero attached hydrogens (tertiary/aromatic N) is 5. The number of carbonyl (C=O) groups is 1. The summed E-state index contributed by atoms with van der Waals surface area (Å²) in [4.78, 5) is 22.5. The Morgan fingerprint density at radius 1 is 1.12 bits per heavy atom. The van der Waals surface area contributed by atoms with Gasteiger partial charge >= 0.3 is 0 Å². The molecule has 1 amide bonds. The normalized spacial score (nSPS) is 10.8. The van der Waals surface area contributed by atoms with Crippen molar-refractivity contribution in [1.29, 1.82) is 0 Å². The lowest BCUT2D eigenvalue weighted by Gasteiger charge is -2.13. The van der Waals surface area contributed by atoms with Crippen LogP contribution in [0.25, 0.3) is 0 Å². The van der Waals surface area contributed by atoms with E-state index in [1.54, 1.807) is 24.2 Å². The molecule has 0 aliphatic heterocycles. The molecule has 0 atom stereocenters. The second-order valence-electron chi connectivity index (χ2n) is 7.80. The standard InChI is InChI=1S/C23H26N8O2/c1-14-9-16(12-17(10-14)22(32)24-3)5-6-18-13-20(29-28-18)26-19-7-8-25-23(27-19)31(4)21-11-15(2)30-33-21/h7-13H,5-6H2,1-4H3,(H,24,32)(H2,25,26,27,28,29). The van der Waals surface area contributed by atoms with Crippen LogP contribution >= 0.6 is 0 Å². The average Bonchev–Trinajstić information content (AvgIpc) is 3.45. The molecule has 0 radical (unpaired) electrons. The molecule has 0 aliphatic rings. The van der Waals surface area contributed by atoms with E-state index in [0.29, 0.717) is 29.0 Å². The number of benzene rings is 1. The summed E-state index contributed by atoms with van der Waals surface area (Å²) in [5.74, 6) is 2.21. The number of anilines is 4. The zero-order chi connectivity index (χ0) is 23.4. The van der Waals surface area contributed by atoms with Gasteiger partial charge in [0.1, 0.15) is 5.82 Å². The predicted octanol–water partition coefficient (Wildman–Crippen LogP) is 3.46. The maximum Gasteiger partial charge on any atom is 0.251 e. The fraction of sp³-hybridized carbons (Fsp3) is 0.261. The number of H-pyrrole nitrogens is 1. The topological polar surface area (TPSA) is 125 Å². The molecule has 0 saturated heterocycles. The lowest BCUT2D eigenvalue weighted by atomic mass is 10.0. The number of aryl methyl sites for hydroxylation is 4. The second kappa shape index (κ2) is 9.51. The number of hydrogen-bond acceptors (Lipinski definition) is 8. The van der Waals surface area contributed by atoms with E-state index in [4.69, 9.17) is 4.52 Å². The first-order chi connectivity index (χ1) is 15.9. The van der Waals surface area contributed by atoms with E-state index in [0.717, 1.165) is 35.4 Å². The van der Waals surface area contributed by atoms with Gasteiger partial charge in [-0.1, -0.05) is 16.8 Å². The highest BCUT2D eigenvalue weighted by Gasteiger charge is 2.13. The molecule has 3 aromatic heterocycles. The molecule has 4 aromatic rings. The Morgan fingerprint density at radius 2 is 1.97 bits per heavy atom. The summed E-state index contributed by atoms with van der Waals surface area (Å²) < 4.78 is 5.28. The highest BCUT2D eigenvalue weighted by molar-refractivity contribution is 5.94. The van der Waals surface area contributed by atoms with Crippen molar-refractivity contribution in [1.82, 2.24) is 30.6 Å². The molecule has 0 bridgehead atoms. The van der Waals surface area contributed by atoms with Gasteiger partial charge in [0, 0.05) is 43.7 Å². The van der Waals surface area contributed by atoms with E-state index in [1.807, 2.05) is 45.2 Å². The minimum Gasteiger partial charge on any atom is -0.355 e. The Hall–Kier alpha value is -4.21. The van der Waals surface area contributed by atoms with Crippen LogP contribution in [0, 0.1) is 13.8 Å². The minimum atomic E-state index is -0.0821. The Bertz CT molecular complexity index is 1260. The SMILES string of the molecule is CNC(=O)c1cc(C)cc(CCc2cc(Nc3ccnc(N(C)c4cc(C)no4)n3)n[nH]2)c1. The van der Waals surface area contributed by atoms with Crippen LogP contribution < -0.4 is 15.5 Å². The fourth-order valence-electron chi connectivity index (χ4n) is 3.43. The van der Waals surface area contributed by atoms with Crippen molar-refractivity contribution in [3.05, 3.63) is 70.7 Å². The molecule has 0 fully saturated rings. The summed E-state index contributed by atoms with van der Waals surface area (Å²) in [6.07, 6.45) is 3.21. The lowest BCUT2D eigenvalue weighted by Crippen LogP contribution is -2.18. The van der Waals surface area contributed by atoms with Crippen LogP contribution in [0.15, 0.2) is 47.1 Å². The van der Waals surface area contributed by atoms with Gasteiger partial charge in [-0.05, 0) is 50.5 Å². The van der Waals surface area contributed by atoms with Gasteiger partial charge in [0.25, 0.3) is 5.91 Å². The summed E-state index contributed by atoms with van der Waals surface area (Å²) in [7, 11) is 3.45. The third-order valence-electron chi connectivity index (χ3n) is 5.09. The molecular formula is C23H26N8O2. The summed E-state index contributed by atoms with van der Waals surface area (Å²) in [6, 6.07) is 11.4. The number of aromatic amines is 1. The van der Waals surface area contributed by atoms with Crippen LogP contribution in [0.4, 0.5) is 23.5 Å². The third-order valence-corrected chi connectivity index (χ3v) is 5.09. The molecule has 0 aliphatic carbocycles. The highest BCUT2D eigenvalue weighted by atomic mass is 16.5. The smallest absolute Gasteiger partial charge is 0.251 e. The molecule has 3 N–H and O–H groups in total. The van der Waals surface area contributed by atoms with Gasteiger partial charge in [0.15, 0.2) is 5.82 Å². The summed E-state index contributed by atoms with van der Waals surface area (Å²) in [6.45, 7) is 3.85. The largest absolute Gasteiger partial charge is 0.355 e. The lowest BCUT2D eigenvalue weighted by molar-refractivity contribution is 0.0963. The maximum atomic E-state index is 12.0. The maximum absolute atomic E-state index is 12.0. The third kappa shape index (κ3) is 5.35. The van der Waals surface area contributed by atoms with Gasteiger partial charge < -0.3 is 15.2 Å². The van der Waals surface area contributed by atoms with Crippen LogP contribution in [-0.4, -0.2) is 45.3 Å². The first-order valence-corrected chi connectivity index (χ1v) is 10.6. The van der Waals surface area contributed by atoms with Crippen LogP contribution in [0.5, 0.6) is 0 Å². The van der Waals surface area contributed by atoms with E-state index >= 15 is 0 Å². The second-order valence-corrected chi connectivity index (χ2v) is 7.80. The van der Waals surface area contributed by atoms with Crippen molar-refractivity contribution in [3.63, 3.8) is 0 Å². The van der Waals surface area contributed by atoms with Crippen LogP contribution in [0.1, 0.15) is 32.9 Å². The number of nitrogens with one attached hydrogen (secondary N) is 3. The number of rotatable bonds is 8. The predicted molar refractivity (Wildman–Crippen MR) is 125 cm³/mol. The van der Waals surface area contributed by atoms with E-state index in [-0.39, 0.29) is 5.91 Å². The molecule has 1 aromatic carbocycles. The van der Waals surface area contributed by atoms with Crippen LogP contribution in [-0.2, 0) is 12.8 Å². The van der Waals surface area contributed by atoms with E-state index in [9.17, 15) is 4.79 Å². The van der Waals surface area contributed by atoms with Crippen molar-refractivity contribution in [2.75, 3.05) is 24.3 Å². The molecule has 10 heteroatoms. The van der Waals surface area contributed by atoms with Crippen molar-refractivity contribution < 1.29 is 9.32 Å². The zero-order valence-corrected chi connectivity index (χ0v) is 19.0. The fourth-order valence-corrected chi connectivity index (χ4v) is 3.43. The molecule has 10 nitrogen and oxygen atoms in total. The molecule has 0 spiro atoms. The Kier molecular flexibility index (Phi) is 6.34. The Morgan fingerprint density at radius 3 is 2.73 bits per heavy atom. The van der Waals surface area contributed by atoms with Crippen LogP contribution in [0.3, 0.4) is 0 Å². The highest BCUT2D eigenvalue weighted by Crippen LogP contribution is 2.22. The van der Waals surface area contributed by atoms with Gasteiger partial charge in [-0.2, -0.15) is 10.1 Å². The van der Waals surface area contributed by atoms with E-state index in [2.05, 4.69) is 42.0 Å². The number of aromatic nitrogens is 5.